The van der Waals surface area contributed by atoms with Gasteiger partial charge >= 0.3 is 0 Å². The normalized spacial score (nSPS) is 25.2. The Labute approximate surface area is 127 Å². The molecule has 1 aromatic heterocycles. The molecule has 5 heteroatoms. The van der Waals surface area contributed by atoms with Gasteiger partial charge in [-0.05, 0) is 45.4 Å². The Kier molecular flexibility index (Phi) is 4.60. The van der Waals surface area contributed by atoms with Crippen molar-refractivity contribution in [2.45, 2.75) is 6.42 Å². The number of nitrogens with one attached hydrogen (secondary N) is 1. The second kappa shape index (κ2) is 6.62. The number of piperidine rings is 2. The summed E-state index contributed by atoms with van der Waals surface area (Å²) in [6.45, 7) is 6.19. The molecule has 2 fully saturated rings. The number of rotatable bonds is 5. The van der Waals surface area contributed by atoms with Crippen LogP contribution in [0, 0.1) is 11.8 Å². The van der Waals surface area contributed by atoms with E-state index in [9.17, 15) is 0 Å². The molecule has 1 aromatic rings. The number of ether oxygens (including phenoxy) is 1. The summed E-state index contributed by atoms with van der Waals surface area (Å²) in [6.07, 6.45) is 5.15. The Balaban J connectivity index is 1.62. The molecule has 3 heterocycles. The maximum absolute atomic E-state index is 5.80. The van der Waals surface area contributed by atoms with Crippen LogP contribution in [-0.2, 0) is 0 Å². The van der Waals surface area contributed by atoms with Crippen molar-refractivity contribution in [3.8, 4) is 5.75 Å². The van der Waals surface area contributed by atoms with E-state index in [1.54, 1.807) is 0 Å². The zero-order valence-corrected chi connectivity index (χ0v) is 13.1. The number of hydrogen-bond donors (Lipinski definition) is 1. The minimum absolute atomic E-state index is 0.702. The fourth-order valence-electron chi connectivity index (χ4n) is 3.32. The van der Waals surface area contributed by atoms with Crippen LogP contribution in [0.15, 0.2) is 18.5 Å². The van der Waals surface area contributed by atoms with Gasteiger partial charge < -0.3 is 19.9 Å². The van der Waals surface area contributed by atoms with Gasteiger partial charge in [0.15, 0.2) is 0 Å². The summed E-state index contributed by atoms with van der Waals surface area (Å²) in [6, 6.07) is 2.14. The fraction of sp³-hybridized carbons (Fsp3) is 0.688. The monoisotopic (exact) mass is 290 g/mol. The predicted octanol–water partition coefficient (Wildman–Crippen LogP) is 1.07. The molecule has 0 aromatic carbocycles. The largest absolute Gasteiger partial charge is 0.491 e. The molecule has 0 spiro atoms. The maximum atomic E-state index is 5.80. The highest BCUT2D eigenvalue weighted by Crippen LogP contribution is 2.29. The fourth-order valence-corrected chi connectivity index (χ4v) is 3.32. The number of fused-ring (bicyclic) bond motifs is 2. The predicted molar refractivity (Wildman–Crippen MR) is 85.0 cm³/mol. The smallest absolute Gasteiger partial charge is 0.139 e. The number of pyridine rings is 1. The standard InChI is InChI=1S/C16H26N4O/c1-19(2)3-4-21-16-6-15(9-18-10-16)20-11-13-5-14(12-20)8-17-7-13/h6,9-10,13-14,17H,3-5,7-8,11-12H2,1-2H3/t13-,14+. The average Bonchev–Trinajstić information content (AvgIpc) is 2.47. The summed E-state index contributed by atoms with van der Waals surface area (Å²) >= 11 is 0. The lowest BCUT2D eigenvalue weighted by Gasteiger charge is -2.42. The molecular formula is C16H26N4O. The Morgan fingerprint density at radius 1 is 1.29 bits per heavy atom. The van der Waals surface area contributed by atoms with Crippen LogP contribution in [-0.4, -0.2) is 63.3 Å². The lowest BCUT2D eigenvalue weighted by molar-refractivity contribution is 0.248. The molecule has 2 saturated heterocycles. The van der Waals surface area contributed by atoms with Crippen molar-refractivity contribution in [3.05, 3.63) is 18.5 Å². The van der Waals surface area contributed by atoms with Crippen LogP contribution in [0.25, 0.3) is 0 Å². The summed E-state index contributed by atoms with van der Waals surface area (Å²) in [4.78, 5) is 8.95. The van der Waals surface area contributed by atoms with Gasteiger partial charge in [-0.25, -0.2) is 0 Å². The van der Waals surface area contributed by atoms with Crippen molar-refractivity contribution in [2.75, 3.05) is 58.3 Å². The SMILES string of the molecule is CN(C)CCOc1cncc(N2C[C@@H]3CNC[C@@H](C3)C2)c1. The van der Waals surface area contributed by atoms with Gasteiger partial charge in [0.2, 0.25) is 0 Å². The lowest BCUT2D eigenvalue weighted by atomic mass is 9.85. The first-order valence-electron chi connectivity index (χ1n) is 7.89. The highest BCUT2D eigenvalue weighted by molar-refractivity contribution is 5.48. The van der Waals surface area contributed by atoms with Crippen LogP contribution in [0.4, 0.5) is 5.69 Å². The lowest BCUT2D eigenvalue weighted by Crippen LogP contribution is -2.51. The number of anilines is 1. The molecule has 0 saturated carbocycles. The number of nitrogens with zero attached hydrogens (tertiary/aromatic N) is 3. The van der Waals surface area contributed by atoms with E-state index in [2.05, 4.69) is 40.3 Å². The van der Waals surface area contributed by atoms with Crippen molar-refractivity contribution < 1.29 is 4.74 Å². The Hall–Kier alpha value is -1.33. The third kappa shape index (κ3) is 3.86. The van der Waals surface area contributed by atoms with Gasteiger partial charge in [0.05, 0.1) is 18.1 Å². The van der Waals surface area contributed by atoms with E-state index in [4.69, 9.17) is 4.74 Å². The Morgan fingerprint density at radius 3 is 2.76 bits per heavy atom. The first-order valence-corrected chi connectivity index (χ1v) is 7.89. The molecule has 21 heavy (non-hydrogen) atoms. The van der Waals surface area contributed by atoms with Crippen LogP contribution in [0.2, 0.25) is 0 Å². The van der Waals surface area contributed by atoms with Gasteiger partial charge in [-0.1, -0.05) is 0 Å². The van der Waals surface area contributed by atoms with Gasteiger partial charge in [-0.15, -0.1) is 0 Å². The van der Waals surface area contributed by atoms with E-state index >= 15 is 0 Å². The number of hydrogen-bond acceptors (Lipinski definition) is 5. The Bertz CT molecular complexity index is 453. The van der Waals surface area contributed by atoms with Crippen molar-refractivity contribution in [1.82, 2.24) is 15.2 Å². The molecule has 3 rings (SSSR count). The molecule has 1 N–H and O–H groups in total. The molecule has 2 aliphatic rings. The van der Waals surface area contributed by atoms with Crippen LogP contribution >= 0.6 is 0 Å². The molecule has 2 atom stereocenters. The van der Waals surface area contributed by atoms with Gasteiger partial charge in [-0.2, -0.15) is 0 Å². The summed E-state index contributed by atoms with van der Waals surface area (Å²) in [7, 11) is 4.11. The molecule has 116 valence electrons. The van der Waals surface area contributed by atoms with E-state index in [1.807, 2.05) is 12.4 Å². The van der Waals surface area contributed by atoms with E-state index in [0.717, 1.165) is 50.3 Å². The van der Waals surface area contributed by atoms with Gasteiger partial charge in [0.25, 0.3) is 0 Å². The second-order valence-electron chi connectivity index (χ2n) is 6.56. The molecule has 5 nitrogen and oxygen atoms in total. The van der Waals surface area contributed by atoms with Crippen molar-refractivity contribution >= 4 is 5.69 Å². The Morgan fingerprint density at radius 2 is 2.05 bits per heavy atom. The van der Waals surface area contributed by atoms with Crippen molar-refractivity contribution in [2.24, 2.45) is 11.8 Å². The third-order valence-corrected chi connectivity index (χ3v) is 4.36. The van der Waals surface area contributed by atoms with E-state index < -0.39 is 0 Å². The van der Waals surface area contributed by atoms with Gasteiger partial charge in [0.1, 0.15) is 12.4 Å². The molecule has 2 bridgehead atoms. The second-order valence-corrected chi connectivity index (χ2v) is 6.56. The highest BCUT2D eigenvalue weighted by Gasteiger charge is 2.30. The topological polar surface area (TPSA) is 40.6 Å². The first-order chi connectivity index (χ1) is 10.2. The molecule has 2 aliphatic heterocycles. The van der Waals surface area contributed by atoms with E-state index in [0.29, 0.717) is 6.61 Å². The van der Waals surface area contributed by atoms with Crippen molar-refractivity contribution in [1.29, 1.82) is 0 Å². The zero-order valence-electron chi connectivity index (χ0n) is 13.1. The number of likely N-dealkylation sites (N-methyl/N-ethyl adjacent to an activating group) is 1. The van der Waals surface area contributed by atoms with Gasteiger partial charge in [0, 0.05) is 25.7 Å². The highest BCUT2D eigenvalue weighted by atomic mass is 16.5. The van der Waals surface area contributed by atoms with Crippen LogP contribution < -0.4 is 15.0 Å². The third-order valence-electron chi connectivity index (χ3n) is 4.36. The zero-order chi connectivity index (χ0) is 14.7. The summed E-state index contributed by atoms with van der Waals surface area (Å²) in [5.74, 6) is 2.43. The van der Waals surface area contributed by atoms with E-state index in [1.165, 1.54) is 12.1 Å². The molecular weight excluding hydrogens is 264 g/mol. The molecule has 0 unspecified atom stereocenters. The quantitative estimate of drug-likeness (QED) is 0.878. The molecule has 0 aliphatic carbocycles. The first kappa shape index (κ1) is 14.6. The molecule has 0 amide bonds. The van der Waals surface area contributed by atoms with Crippen LogP contribution in [0.1, 0.15) is 6.42 Å². The van der Waals surface area contributed by atoms with Gasteiger partial charge in [-0.3, -0.25) is 4.98 Å². The number of aromatic nitrogens is 1. The van der Waals surface area contributed by atoms with Crippen LogP contribution in [0.5, 0.6) is 5.75 Å². The minimum atomic E-state index is 0.702. The summed E-state index contributed by atoms with van der Waals surface area (Å²) < 4.78 is 5.80. The van der Waals surface area contributed by atoms with Crippen molar-refractivity contribution in [3.63, 3.8) is 0 Å². The summed E-state index contributed by atoms with van der Waals surface area (Å²) in [5, 5.41) is 3.54. The average molecular weight is 290 g/mol. The summed E-state index contributed by atoms with van der Waals surface area (Å²) in [5.41, 5.74) is 1.20. The maximum Gasteiger partial charge on any atom is 0.139 e. The molecule has 0 radical (unpaired) electrons. The minimum Gasteiger partial charge on any atom is -0.491 e. The van der Waals surface area contributed by atoms with E-state index in [-0.39, 0.29) is 0 Å². The van der Waals surface area contributed by atoms with Crippen LogP contribution in [0.3, 0.4) is 0 Å².